The lowest BCUT2D eigenvalue weighted by Gasteiger charge is -2.31. The average molecular weight is 382 g/mol. The number of hydrogen-bond acceptors (Lipinski definition) is 2. The van der Waals surface area contributed by atoms with Crippen LogP contribution in [-0.2, 0) is 15.8 Å². The highest BCUT2D eigenvalue weighted by Gasteiger charge is 2.46. The molecule has 0 aromatic heterocycles. The fourth-order valence-corrected chi connectivity index (χ4v) is 3.74. The first kappa shape index (κ1) is 19.7. The summed E-state index contributed by atoms with van der Waals surface area (Å²) in [5.41, 5.74) is 0.119. The third kappa shape index (κ3) is 4.62. The minimum Gasteiger partial charge on any atom is -0.356 e. The number of nitrogens with zero attached hydrogens (tertiary/aromatic N) is 1. The van der Waals surface area contributed by atoms with Crippen LogP contribution in [0.2, 0.25) is 0 Å². The third-order valence-electron chi connectivity index (χ3n) is 5.50. The number of nitrogens with one attached hydrogen (secondary N) is 1. The molecule has 1 aromatic carbocycles. The van der Waals surface area contributed by atoms with Crippen molar-refractivity contribution in [2.24, 2.45) is 11.8 Å². The second kappa shape index (κ2) is 7.90. The molecule has 1 N–H and O–H groups in total. The van der Waals surface area contributed by atoms with Crippen LogP contribution in [0.15, 0.2) is 24.3 Å². The van der Waals surface area contributed by atoms with Gasteiger partial charge in [0, 0.05) is 31.5 Å². The van der Waals surface area contributed by atoms with Crippen LogP contribution in [0.1, 0.15) is 49.7 Å². The second-order valence-corrected chi connectivity index (χ2v) is 7.46. The number of carbonyl (C=O) groups excluding carboxylic acids is 2. The Bertz CT molecular complexity index is 679. The Balaban J connectivity index is 1.50. The van der Waals surface area contributed by atoms with Gasteiger partial charge >= 0.3 is 6.18 Å². The van der Waals surface area contributed by atoms with Crippen LogP contribution in [0.25, 0.3) is 0 Å². The number of rotatable bonds is 5. The van der Waals surface area contributed by atoms with E-state index in [1.807, 2.05) is 6.92 Å². The zero-order chi connectivity index (χ0) is 19.6. The molecule has 1 aromatic rings. The normalized spacial score (nSPS) is 23.2. The maximum Gasteiger partial charge on any atom is 0.416 e. The molecule has 2 atom stereocenters. The largest absolute Gasteiger partial charge is 0.416 e. The van der Waals surface area contributed by atoms with E-state index in [2.05, 4.69) is 5.32 Å². The van der Waals surface area contributed by atoms with Crippen molar-refractivity contribution in [1.29, 1.82) is 0 Å². The zero-order valence-electron chi connectivity index (χ0n) is 15.4. The Morgan fingerprint density at radius 2 is 1.78 bits per heavy atom. The van der Waals surface area contributed by atoms with Crippen molar-refractivity contribution in [3.8, 4) is 0 Å². The van der Waals surface area contributed by atoms with E-state index in [1.54, 1.807) is 4.90 Å². The van der Waals surface area contributed by atoms with Gasteiger partial charge in [-0.15, -0.1) is 0 Å². The standard InChI is InChI=1S/C20H25F3N2O2/c1-2-9-24-18(26)14-7-10-25(11-8-14)19(27)17-12-16(17)13-3-5-15(6-4-13)20(21,22)23/h3-6,14,16-17H,2,7-12H2,1H3,(H,24,26). The van der Waals surface area contributed by atoms with Gasteiger partial charge in [0.2, 0.25) is 11.8 Å². The summed E-state index contributed by atoms with van der Waals surface area (Å²) in [6.07, 6.45) is -1.43. The molecule has 7 heteroatoms. The number of likely N-dealkylation sites (tertiary alicyclic amines) is 1. The smallest absolute Gasteiger partial charge is 0.356 e. The number of piperidine rings is 1. The van der Waals surface area contributed by atoms with Crippen molar-refractivity contribution in [3.63, 3.8) is 0 Å². The minimum atomic E-state index is -4.34. The molecule has 1 aliphatic carbocycles. The molecule has 1 saturated heterocycles. The fourth-order valence-electron chi connectivity index (χ4n) is 3.74. The van der Waals surface area contributed by atoms with Gasteiger partial charge in [-0.1, -0.05) is 19.1 Å². The lowest BCUT2D eigenvalue weighted by atomic mass is 9.95. The van der Waals surface area contributed by atoms with E-state index in [0.717, 1.165) is 24.1 Å². The van der Waals surface area contributed by atoms with Gasteiger partial charge in [-0.2, -0.15) is 13.2 Å². The van der Waals surface area contributed by atoms with Gasteiger partial charge < -0.3 is 10.2 Å². The van der Waals surface area contributed by atoms with E-state index in [4.69, 9.17) is 0 Å². The highest BCUT2D eigenvalue weighted by Crippen LogP contribution is 2.49. The fraction of sp³-hybridized carbons (Fsp3) is 0.600. The van der Waals surface area contributed by atoms with Crippen LogP contribution in [-0.4, -0.2) is 36.3 Å². The molecular weight excluding hydrogens is 357 g/mol. The van der Waals surface area contributed by atoms with Gasteiger partial charge in [0.25, 0.3) is 0 Å². The van der Waals surface area contributed by atoms with Gasteiger partial charge in [0.15, 0.2) is 0 Å². The molecule has 148 valence electrons. The number of amides is 2. The van der Waals surface area contributed by atoms with Crippen LogP contribution in [0.3, 0.4) is 0 Å². The Morgan fingerprint density at radius 3 is 2.33 bits per heavy atom. The summed E-state index contributed by atoms with van der Waals surface area (Å²) in [5, 5.41) is 2.90. The predicted molar refractivity (Wildman–Crippen MR) is 94.9 cm³/mol. The minimum absolute atomic E-state index is 0.00496. The number of alkyl halides is 3. The quantitative estimate of drug-likeness (QED) is 0.846. The van der Waals surface area contributed by atoms with Gasteiger partial charge in [-0.3, -0.25) is 9.59 Å². The summed E-state index contributed by atoms with van der Waals surface area (Å²) in [7, 11) is 0. The van der Waals surface area contributed by atoms with Crippen LogP contribution in [0.4, 0.5) is 13.2 Å². The summed E-state index contributed by atoms with van der Waals surface area (Å²) in [5.74, 6) is -0.0478. The van der Waals surface area contributed by atoms with Crippen molar-refractivity contribution in [3.05, 3.63) is 35.4 Å². The Kier molecular flexibility index (Phi) is 5.77. The number of halogens is 3. The number of carbonyl (C=O) groups is 2. The van der Waals surface area contributed by atoms with Crippen molar-refractivity contribution in [2.75, 3.05) is 19.6 Å². The van der Waals surface area contributed by atoms with E-state index in [-0.39, 0.29) is 29.6 Å². The van der Waals surface area contributed by atoms with Crippen LogP contribution in [0.5, 0.6) is 0 Å². The predicted octanol–water partition coefficient (Wildman–Crippen LogP) is 3.57. The first-order chi connectivity index (χ1) is 12.8. The van der Waals surface area contributed by atoms with Crippen molar-refractivity contribution >= 4 is 11.8 Å². The molecule has 0 spiro atoms. The van der Waals surface area contributed by atoms with Gasteiger partial charge in [-0.05, 0) is 49.3 Å². The summed E-state index contributed by atoms with van der Waals surface area (Å²) in [4.78, 5) is 26.5. The van der Waals surface area contributed by atoms with E-state index in [1.165, 1.54) is 12.1 Å². The van der Waals surface area contributed by atoms with Crippen molar-refractivity contribution in [2.45, 2.75) is 44.7 Å². The van der Waals surface area contributed by atoms with Gasteiger partial charge in [-0.25, -0.2) is 0 Å². The second-order valence-electron chi connectivity index (χ2n) is 7.46. The van der Waals surface area contributed by atoms with E-state index >= 15 is 0 Å². The summed E-state index contributed by atoms with van der Waals surface area (Å²) in [6.45, 7) is 3.82. The molecule has 3 rings (SSSR count). The van der Waals surface area contributed by atoms with E-state index in [9.17, 15) is 22.8 Å². The van der Waals surface area contributed by atoms with Crippen LogP contribution >= 0.6 is 0 Å². The monoisotopic (exact) mass is 382 g/mol. The summed E-state index contributed by atoms with van der Waals surface area (Å²) in [6, 6.07) is 5.11. The van der Waals surface area contributed by atoms with Crippen molar-refractivity contribution in [1.82, 2.24) is 10.2 Å². The molecule has 2 amide bonds. The molecule has 0 radical (unpaired) electrons. The SMILES string of the molecule is CCCNC(=O)C1CCN(C(=O)C2CC2c2ccc(C(F)(F)F)cc2)CC1. The Labute approximate surface area is 157 Å². The molecule has 2 unspecified atom stereocenters. The summed E-state index contributed by atoms with van der Waals surface area (Å²) >= 11 is 0. The highest BCUT2D eigenvalue weighted by atomic mass is 19.4. The van der Waals surface area contributed by atoms with Gasteiger partial charge in [0.05, 0.1) is 5.56 Å². The van der Waals surface area contributed by atoms with E-state index < -0.39 is 11.7 Å². The Hall–Kier alpha value is -2.05. The summed E-state index contributed by atoms with van der Waals surface area (Å²) < 4.78 is 38.0. The van der Waals surface area contributed by atoms with Crippen LogP contribution < -0.4 is 5.32 Å². The van der Waals surface area contributed by atoms with Crippen LogP contribution in [0, 0.1) is 11.8 Å². The molecular formula is C20H25F3N2O2. The topological polar surface area (TPSA) is 49.4 Å². The highest BCUT2D eigenvalue weighted by molar-refractivity contribution is 5.84. The molecule has 1 heterocycles. The lowest BCUT2D eigenvalue weighted by Crippen LogP contribution is -2.43. The molecule has 0 bridgehead atoms. The van der Waals surface area contributed by atoms with Gasteiger partial charge in [0.1, 0.15) is 0 Å². The molecule has 2 fully saturated rings. The average Bonchev–Trinajstić information content (AvgIpc) is 3.46. The lowest BCUT2D eigenvalue weighted by molar-refractivity contribution is -0.137. The van der Waals surface area contributed by atoms with E-state index in [0.29, 0.717) is 38.9 Å². The van der Waals surface area contributed by atoms with Crippen molar-refractivity contribution < 1.29 is 22.8 Å². The molecule has 1 aliphatic heterocycles. The maximum atomic E-state index is 12.7. The first-order valence-electron chi connectivity index (χ1n) is 9.55. The number of benzene rings is 1. The molecule has 4 nitrogen and oxygen atoms in total. The molecule has 27 heavy (non-hydrogen) atoms. The molecule has 2 aliphatic rings. The number of hydrogen-bond donors (Lipinski definition) is 1. The Morgan fingerprint density at radius 1 is 1.15 bits per heavy atom. The zero-order valence-corrected chi connectivity index (χ0v) is 15.4. The first-order valence-corrected chi connectivity index (χ1v) is 9.55. The third-order valence-corrected chi connectivity index (χ3v) is 5.50. The molecule has 1 saturated carbocycles. The maximum absolute atomic E-state index is 12.7.